The van der Waals surface area contributed by atoms with Crippen LogP contribution in [0, 0.1) is 5.82 Å². The highest BCUT2D eigenvalue weighted by Crippen LogP contribution is 2.28. The van der Waals surface area contributed by atoms with Gasteiger partial charge >= 0.3 is 6.09 Å². The van der Waals surface area contributed by atoms with Gasteiger partial charge in [0.2, 0.25) is 5.91 Å². The summed E-state index contributed by atoms with van der Waals surface area (Å²) in [6, 6.07) is 4.84. The minimum atomic E-state index is -0.672. The van der Waals surface area contributed by atoms with Gasteiger partial charge in [0.05, 0.1) is 0 Å². The average Bonchev–Trinajstić information content (AvgIpc) is 2.50. The fraction of sp³-hybridized carbons (Fsp3) is 0.579. The van der Waals surface area contributed by atoms with Crippen LogP contribution in [0.15, 0.2) is 24.3 Å². The molecule has 2 amide bonds. The molecule has 1 aromatic rings. The second-order valence-corrected chi connectivity index (χ2v) is 7.88. The summed E-state index contributed by atoms with van der Waals surface area (Å²) >= 11 is 0. The predicted molar refractivity (Wildman–Crippen MR) is 96.9 cm³/mol. The van der Waals surface area contributed by atoms with E-state index in [4.69, 9.17) is 10.5 Å². The zero-order valence-electron chi connectivity index (χ0n) is 16.0. The SMILES string of the molecule is C[C@H]1CN(C(C(N)=O)c2ccc(F)cc2)[C@@H](C)CN1C(=O)OC(C)(C)C. The Balaban J connectivity index is 2.20. The van der Waals surface area contributed by atoms with Gasteiger partial charge in [-0.1, -0.05) is 12.1 Å². The highest BCUT2D eigenvalue weighted by Gasteiger charge is 2.39. The van der Waals surface area contributed by atoms with Gasteiger partial charge in [0.15, 0.2) is 0 Å². The van der Waals surface area contributed by atoms with Gasteiger partial charge in [-0.25, -0.2) is 9.18 Å². The molecule has 6 nitrogen and oxygen atoms in total. The van der Waals surface area contributed by atoms with Crippen LogP contribution in [0.2, 0.25) is 0 Å². The van der Waals surface area contributed by atoms with Crippen molar-refractivity contribution in [3.63, 3.8) is 0 Å². The molecule has 2 N–H and O–H groups in total. The molecule has 1 saturated heterocycles. The second-order valence-electron chi connectivity index (χ2n) is 7.88. The first-order chi connectivity index (χ1) is 12.0. The largest absolute Gasteiger partial charge is 0.444 e. The number of nitrogens with two attached hydrogens (primary N) is 1. The fourth-order valence-corrected chi connectivity index (χ4v) is 3.25. The molecule has 1 aromatic carbocycles. The Bertz CT molecular complexity index is 657. The third-order valence-electron chi connectivity index (χ3n) is 4.45. The molecule has 0 aromatic heterocycles. The standard InChI is InChI=1S/C19H28FN3O3/c1-12-11-23(18(25)26-19(3,4)5)13(2)10-22(12)16(17(21)24)14-6-8-15(20)9-7-14/h6-9,12-13,16H,10-11H2,1-5H3,(H2,21,24)/t12-,13-,16?/m0/s1. The van der Waals surface area contributed by atoms with E-state index in [1.165, 1.54) is 12.1 Å². The van der Waals surface area contributed by atoms with Crippen molar-refractivity contribution in [1.82, 2.24) is 9.80 Å². The van der Waals surface area contributed by atoms with E-state index in [0.29, 0.717) is 18.7 Å². The molecular formula is C19H28FN3O3. The van der Waals surface area contributed by atoms with Gasteiger partial charge in [0.25, 0.3) is 0 Å². The number of piperazine rings is 1. The number of carbonyl (C=O) groups is 2. The molecular weight excluding hydrogens is 337 g/mol. The Morgan fingerprint density at radius 2 is 1.73 bits per heavy atom. The van der Waals surface area contributed by atoms with Crippen molar-refractivity contribution in [2.24, 2.45) is 5.73 Å². The molecule has 0 bridgehead atoms. The van der Waals surface area contributed by atoms with Crippen LogP contribution in [0.25, 0.3) is 0 Å². The van der Waals surface area contributed by atoms with Crippen molar-refractivity contribution in [3.05, 3.63) is 35.6 Å². The second kappa shape index (κ2) is 7.61. The van der Waals surface area contributed by atoms with Crippen molar-refractivity contribution in [2.75, 3.05) is 13.1 Å². The summed E-state index contributed by atoms with van der Waals surface area (Å²) in [4.78, 5) is 28.2. The first-order valence-corrected chi connectivity index (χ1v) is 8.79. The minimum absolute atomic E-state index is 0.110. The number of carbonyl (C=O) groups excluding carboxylic acids is 2. The molecule has 26 heavy (non-hydrogen) atoms. The number of primary amides is 1. The monoisotopic (exact) mass is 365 g/mol. The van der Waals surface area contributed by atoms with Gasteiger partial charge in [-0.3, -0.25) is 9.69 Å². The average molecular weight is 365 g/mol. The van der Waals surface area contributed by atoms with Crippen molar-refractivity contribution >= 4 is 12.0 Å². The van der Waals surface area contributed by atoms with E-state index in [2.05, 4.69) is 0 Å². The first-order valence-electron chi connectivity index (χ1n) is 8.79. The van der Waals surface area contributed by atoms with E-state index in [9.17, 15) is 14.0 Å². The van der Waals surface area contributed by atoms with Crippen LogP contribution in [0.4, 0.5) is 9.18 Å². The number of ether oxygens (including phenoxy) is 1. The highest BCUT2D eigenvalue weighted by molar-refractivity contribution is 5.81. The van der Waals surface area contributed by atoms with Crippen LogP contribution in [-0.4, -0.2) is 52.6 Å². The van der Waals surface area contributed by atoms with Crippen LogP contribution in [-0.2, 0) is 9.53 Å². The normalized spacial score (nSPS) is 22.8. The third-order valence-corrected chi connectivity index (χ3v) is 4.45. The zero-order chi connectivity index (χ0) is 19.6. The molecule has 1 aliphatic heterocycles. The Morgan fingerprint density at radius 1 is 1.15 bits per heavy atom. The summed E-state index contributed by atoms with van der Waals surface area (Å²) in [5.41, 5.74) is 5.72. The minimum Gasteiger partial charge on any atom is -0.444 e. The number of halogens is 1. The van der Waals surface area contributed by atoms with Gasteiger partial charge in [-0.05, 0) is 52.3 Å². The first kappa shape index (κ1) is 20.2. The van der Waals surface area contributed by atoms with Gasteiger partial charge in [-0.15, -0.1) is 0 Å². The Kier molecular flexibility index (Phi) is 5.91. The maximum Gasteiger partial charge on any atom is 0.410 e. The lowest BCUT2D eigenvalue weighted by atomic mass is 9.99. The van der Waals surface area contributed by atoms with E-state index in [1.54, 1.807) is 17.0 Å². The summed E-state index contributed by atoms with van der Waals surface area (Å²) in [5, 5.41) is 0. The quantitative estimate of drug-likeness (QED) is 0.893. The van der Waals surface area contributed by atoms with Crippen molar-refractivity contribution in [2.45, 2.75) is 58.3 Å². The summed E-state index contributed by atoms with van der Waals surface area (Å²) in [6.45, 7) is 10.2. The smallest absolute Gasteiger partial charge is 0.410 e. The summed E-state index contributed by atoms with van der Waals surface area (Å²) < 4.78 is 18.7. The van der Waals surface area contributed by atoms with E-state index in [1.807, 2.05) is 39.5 Å². The number of nitrogens with zero attached hydrogens (tertiary/aromatic N) is 2. The molecule has 7 heteroatoms. The van der Waals surface area contributed by atoms with Crippen molar-refractivity contribution in [1.29, 1.82) is 0 Å². The van der Waals surface area contributed by atoms with Crippen LogP contribution in [0.1, 0.15) is 46.2 Å². The lowest BCUT2D eigenvalue weighted by Crippen LogP contribution is -2.60. The molecule has 0 radical (unpaired) electrons. The highest BCUT2D eigenvalue weighted by atomic mass is 19.1. The molecule has 1 fully saturated rings. The van der Waals surface area contributed by atoms with Crippen molar-refractivity contribution in [3.8, 4) is 0 Å². The van der Waals surface area contributed by atoms with Crippen LogP contribution in [0.3, 0.4) is 0 Å². The van der Waals surface area contributed by atoms with Crippen LogP contribution in [0.5, 0.6) is 0 Å². The molecule has 144 valence electrons. The van der Waals surface area contributed by atoms with Crippen LogP contribution < -0.4 is 5.73 Å². The molecule has 1 heterocycles. The molecule has 0 saturated carbocycles. The molecule has 0 spiro atoms. The van der Waals surface area contributed by atoms with E-state index >= 15 is 0 Å². The number of hydrogen-bond acceptors (Lipinski definition) is 4. The fourth-order valence-electron chi connectivity index (χ4n) is 3.25. The molecule has 0 aliphatic carbocycles. The van der Waals surface area contributed by atoms with Gasteiger partial charge in [0, 0.05) is 25.2 Å². The maximum absolute atomic E-state index is 13.2. The predicted octanol–water partition coefficient (Wildman–Crippen LogP) is 2.68. The lowest BCUT2D eigenvalue weighted by molar-refractivity contribution is -0.126. The van der Waals surface area contributed by atoms with E-state index < -0.39 is 17.6 Å². The topological polar surface area (TPSA) is 75.9 Å². The van der Waals surface area contributed by atoms with Gasteiger partial charge in [-0.2, -0.15) is 0 Å². The Labute approximate surface area is 154 Å². The summed E-state index contributed by atoms with van der Waals surface area (Å²) in [5.74, 6) is -0.866. The van der Waals surface area contributed by atoms with E-state index in [0.717, 1.165) is 0 Å². The molecule has 2 rings (SSSR count). The Hall–Kier alpha value is -2.15. The molecule has 3 atom stereocenters. The summed E-state index contributed by atoms with van der Waals surface area (Å²) in [7, 11) is 0. The molecule has 1 aliphatic rings. The maximum atomic E-state index is 13.2. The number of amides is 2. The van der Waals surface area contributed by atoms with Gasteiger partial charge in [0.1, 0.15) is 17.5 Å². The Morgan fingerprint density at radius 3 is 2.23 bits per heavy atom. The number of benzene rings is 1. The van der Waals surface area contributed by atoms with Crippen LogP contribution >= 0.6 is 0 Å². The van der Waals surface area contributed by atoms with Gasteiger partial charge < -0.3 is 15.4 Å². The lowest BCUT2D eigenvalue weighted by Gasteiger charge is -2.46. The number of hydrogen-bond donors (Lipinski definition) is 1. The van der Waals surface area contributed by atoms with E-state index in [-0.39, 0.29) is 24.0 Å². The zero-order valence-corrected chi connectivity index (χ0v) is 16.0. The molecule has 1 unspecified atom stereocenters. The third kappa shape index (κ3) is 4.72. The summed E-state index contributed by atoms with van der Waals surface area (Å²) in [6.07, 6.45) is -0.367. The number of rotatable bonds is 3. The van der Waals surface area contributed by atoms with Crippen molar-refractivity contribution < 1.29 is 18.7 Å².